The largest absolute Gasteiger partial charge is 0.295 e. The maximum atomic E-state index is 12.5. The Hall–Kier alpha value is -0.850. The number of carbonyl (C=O) groups is 1. The van der Waals surface area contributed by atoms with Crippen molar-refractivity contribution in [2.24, 2.45) is 35.0 Å². The fourth-order valence-electron chi connectivity index (χ4n) is 5.77. The van der Waals surface area contributed by atoms with E-state index in [0.717, 1.165) is 12.0 Å². The second-order valence-corrected chi connectivity index (χ2v) is 8.22. The molecule has 1 spiro atoms. The molecule has 0 aromatic rings. The molecule has 0 heterocycles. The molecule has 2 fully saturated rings. The third-order valence-electron chi connectivity index (χ3n) is 7.02. The van der Waals surface area contributed by atoms with Gasteiger partial charge in [0.15, 0.2) is 5.78 Å². The maximum Gasteiger partial charge on any atom is 0.158 e. The normalized spacial score (nSPS) is 43.4. The van der Waals surface area contributed by atoms with Gasteiger partial charge in [0, 0.05) is 6.42 Å². The van der Waals surface area contributed by atoms with Gasteiger partial charge >= 0.3 is 0 Å². The maximum absolute atomic E-state index is 12.5. The highest BCUT2D eigenvalue weighted by atomic mass is 16.1. The molecule has 116 valence electrons. The molecule has 2 saturated carbocycles. The van der Waals surface area contributed by atoms with Gasteiger partial charge in [-0.1, -0.05) is 39.0 Å². The molecule has 0 radical (unpaired) electrons. The van der Waals surface area contributed by atoms with Crippen molar-refractivity contribution in [3.8, 4) is 0 Å². The van der Waals surface area contributed by atoms with Crippen LogP contribution in [0.25, 0.3) is 0 Å². The lowest BCUT2D eigenvalue weighted by Crippen LogP contribution is -2.46. The lowest BCUT2D eigenvalue weighted by Gasteiger charge is -2.49. The van der Waals surface area contributed by atoms with Gasteiger partial charge in [0.2, 0.25) is 0 Å². The first kappa shape index (κ1) is 15.1. The molecule has 0 saturated heterocycles. The monoisotopic (exact) mass is 286 g/mol. The molecule has 0 aromatic carbocycles. The van der Waals surface area contributed by atoms with E-state index in [0.29, 0.717) is 35.4 Å². The number of allylic oxidation sites excluding steroid dienone is 3. The zero-order valence-corrected chi connectivity index (χ0v) is 14.1. The van der Waals surface area contributed by atoms with Gasteiger partial charge < -0.3 is 0 Å². The highest BCUT2D eigenvalue weighted by Crippen LogP contribution is 2.64. The molecule has 3 aliphatic carbocycles. The molecule has 1 nitrogen and oxygen atoms in total. The summed E-state index contributed by atoms with van der Waals surface area (Å²) in [5, 5.41) is 0. The first-order valence-electron chi connectivity index (χ1n) is 8.77. The van der Waals surface area contributed by atoms with Crippen LogP contribution in [0.1, 0.15) is 59.8 Å². The standard InChI is InChI=1S/C20H30O/c1-12(2)16-8-6-13(3)17-9-7-15(5)20(17)11-19(21)14(4)10-18(16)20/h10,12,15-18H,3,6-9,11H2,1-2,4-5H3/t15?,16-,17?,18-,20+/m1/s1. The molecule has 3 aliphatic rings. The SMILES string of the molecule is C=C1CC[C@H](C(C)C)[C@H]2C=C(C)C(=O)C[C@@]23C(C)CCC13. The molecule has 2 unspecified atom stereocenters. The van der Waals surface area contributed by atoms with Crippen LogP contribution in [0.15, 0.2) is 23.8 Å². The summed E-state index contributed by atoms with van der Waals surface area (Å²) < 4.78 is 0. The van der Waals surface area contributed by atoms with Crippen LogP contribution >= 0.6 is 0 Å². The van der Waals surface area contributed by atoms with Crippen molar-refractivity contribution in [2.75, 3.05) is 0 Å². The van der Waals surface area contributed by atoms with E-state index in [9.17, 15) is 4.79 Å². The zero-order chi connectivity index (χ0) is 15.4. The van der Waals surface area contributed by atoms with Crippen LogP contribution in [0, 0.1) is 35.0 Å². The van der Waals surface area contributed by atoms with Crippen molar-refractivity contribution >= 4 is 5.78 Å². The van der Waals surface area contributed by atoms with Crippen molar-refractivity contribution in [2.45, 2.75) is 59.8 Å². The second kappa shape index (κ2) is 5.11. The lowest BCUT2D eigenvalue weighted by molar-refractivity contribution is -0.122. The summed E-state index contributed by atoms with van der Waals surface area (Å²) >= 11 is 0. The van der Waals surface area contributed by atoms with Crippen LogP contribution in [0.4, 0.5) is 0 Å². The van der Waals surface area contributed by atoms with Crippen molar-refractivity contribution in [3.05, 3.63) is 23.8 Å². The lowest BCUT2D eigenvalue weighted by atomic mass is 9.54. The highest BCUT2D eigenvalue weighted by molar-refractivity contribution is 5.96. The van der Waals surface area contributed by atoms with E-state index in [4.69, 9.17) is 0 Å². The fraction of sp³-hybridized carbons (Fsp3) is 0.750. The van der Waals surface area contributed by atoms with E-state index in [1.54, 1.807) is 0 Å². The number of hydrogen-bond donors (Lipinski definition) is 0. The summed E-state index contributed by atoms with van der Waals surface area (Å²) in [5.74, 6) is 3.59. The smallest absolute Gasteiger partial charge is 0.158 e. The highest BCUT2D eigenvalue weighted by Gasteiger charge is 2.58. The summed E-state index contributed by atoms with van der Waals surface area (Å²) in [5.41, 5.74) is 2.63. The fourth-order valence-corrected chi connectivity index (χ4v) is 5.77. The Labute approximate surface area is 129 Å². The van der Waals surface area contributed by atoms with Gasteiger partial charge in [-0.3, -0.25) is 4.79 Å². The van der Waals surface area contributed by atoms with E-state index < -0.39 is 0 Å². The van der Waals surface area contributed by atoms with Crippen molar-refractivity contribution in [1.82, 2.24) is 0 Å². The van der Waals surface area contributed by atoms with Crippen LogP contribution in [-0.4, -0.2) is 5.78 Å². The molecule has 0 N–H and O–H groups in total. The Kier molecular flexibility index (Phi) is 3.66. The minimum Gasteiger partial charge on any atom is -0.295 e. The summed E-state index contributed by atoms with van der Waals surface area (Å²) in [6.07, 6.45) is 8.08. The Morgan fingerprint density at radius 3 is 2.67 bits per heavy atom. The van der Waals surface area contributed by atoms with E-state index in [-0.39, 0.29) is 5.41 Å². The van der Waals surface area contributed by atoms with Gasteiger partial charge in [0.25, 0.3) is 0 Å². The summed E-state index contributed by atoms with van der Waals surface area (Å²) in [6, 6.07) is 0. The molecule has 0 amide bonds. The van der Waals surface area contributed by atoms with Crippen molar-refractivity contribution in [3.63, 3.8) is 0 Å². The molecule has 0 aromatic heterocycles. The van der Waals surface area contributed by atoms with Gasteiger partial charge in [0.05, 0.1) is 0 Å². The average molecular weight is 286 g/mol. The number of rotatable bonds is 1. The Morgan fingerprint density at radius 2 is 2.00 bits per heavy atom. The molecule has 1 heteroatoms. The Balaban J connectivity index is 2.16. The number of ketones is 1. The topological polar surface area (TPSA) is 17.1 Å². The molecule has 5 atom stereocenters. The number of hydrogen-bond acceptors (Lipinski definition) is 1. The van der Waals surface area contributed by atoms with E-state index in [2.05, 4.69) is 33.4 Å². The molecular weight excluding hydrogens is 256 g/mol. The Morgan fingerprint density at radius 1 is 1.29 bits per heavy atom. The van der Waals surface area contributed by atoms with Gasteiger partial charge in [-0.05, 0) is 73.2 Å². The Bertz CT molecular complexity index is 498. The van der Waals surface area contributed by atoms with Crippen molar-refractivity contribution < 1.29 is 4.79 Å². The summed E-state index contributed by atoms with van der Waals surface area (Å²) in [6.45, 7) is 13.6. The predicted molar refractivity (Wildman–Crippen MR) is 87.9 cm³/mol. The second-order valence-electron chi connectivity index (χ2n) is 8.22. The van der Waals surface area contributed by atoms with Gasteiger partial charge in [-0.2, -0.15) is 0 Å². The van der Waals surface area contributed by atoms with Gasteiger partial charge in [-0.25, -0.2) is 0 Å². The van der Waals surface area contributed by atoms with Crippen LogP contribution in [0.5, 0.6) is 0 Å². The van der Waals surface area contributed by atoms with E-state index >= 15 is 0 Å². The third-order valence-corrected chi connectivity index (χ3v) is 7.02. The summed E-state index contributed by atoms with van der Waals surface area (Å²) in [4.78, 5) is 12.5. The first-order valence-corrected chi connectivity index (χ1v) is 8.77. The number of carbonyl (C=O) groups excluding carboxylic acids is 1. The molecule has 3 rings (SSSR count). The minimum atomic E-state index is 0.180. The van der Waals surface area contributed by atoms with Crippen LogP contribution in [-0.2, 0) is 4.79 Å². The molecular formula is C20H30O. The van der Waals surface area contributed by atoms with Gasteiger partial charge in [0.1, 0.15) is 0 Å². The van der Waals surface area contributed by atoms with E-state index in [1.165, 1.54) is 31.3 Å². The van der Waals surface area contributed by atoms with Crippen LogP contribution in [0.3, 0.4) is 0 Å². The predicted octanol–water partition coefficient (Wildman–Crippen LogP) is 5.18. The first-order chi connectivity index (χ1) is 9.87. The quantitative estimate of drug-likeness (QED) is 0.607. The summed E-state index contributed by atoms with van der Waals surface area (Å²) in [7, 11) is 0. The average Bonchev–Trinajstić information content (AvgIpc) is 2.66. The molecule has 0 bridgehead atoms. The van der Waals surface area contributed by atoms with Crippen LogP contribution in [0.2, 0.25) is 0 Å². The van der Waals surface area contributed by atoms with Crippen LogP contribution < -0.4 is 0 Å². The minimum absolute atomic E-state index is 0.180. The van der Waals surface area contributed by atoms with E-state index in [1.807, 2.05) is 6.92 Å². The number of Topliss-reactive ketones (excluding diaryl/α,β-unsaturated/α-hetero) is 1. The third kappa shape index (κ3) is 2.07. The molecule has 0 aliphatic heterocycles. The van der Waals surface area contributed by atoms with Gasteiger partial charge in [-0.15, -0.1) is 0 Å². The molecule has 21 heavy (non-hydrogen) atoms. The van der Waals surface area contributed by atoms with Crippen molar-refractivity contribution in [1.29, 1.82) is 0 Å². The zero-order valence-electron chi connectivity index (χ0n) is 14.1.